The van der Waals surface area contributed by atoms with E-state index in [1.165, 1.54) is 18.2 Å². The maximum atomic E-state index is 13.2. The summed E-state index contributed by atoms with van der Waals surface area (Å²) >= 11 is 12.1. The zero-order chi connectivity index (χ0) is 19.9. The normalized spacial score (nSPS) is 11.6. The fourth-order valence-electron chi connectivity index (χ4n) is 2.45. The summed E-state index contributed by atoms with van der Waals surface area (Å²) in [5.74, 6) is -0.360. The lowest BCUT2D eigenvalue weighted by molar-refractivity contribution is -0.121. The lowest BCUT2D eigenvalue weighted by atomic mass is 10.2. The van der Waals surface area contributed by atoms with Crippen molar-refractivity contribution in [1.82, 2.24) is 9.62 Å². The molecule has 5 nitrogen and oxygen atoms in total. The minimum Gasteiger partial charge on any atom is -0.355 e. The van der Waals surface area contributed by atoms with Crippen LogP contribution in [0.25, 0.3) is 0 Å². The van der Waals surface area contributed by atoms with Gasteiger partial charge in [-0.25, -0.2) is 8.42 Å². The van der Waals surface area contributed by atoms with Crippen molar-refractivity contribution < 1.29 is 13.2 Å². The van der Waals surface area contributed by atoms with Crippen LogP contribution in [0.1, 0.15) is 25.3 Å². The molecule has 0 fully saturated rings. The SMILES string of the molecule is CCCCNC(=O)CN(Cc1ccccc1)S(=O)(=O)c1cc(Cl)ccc1Cl. The maximum absolute atomic E-state index is 13.2. The Hall–Kier alpha value is -1.60. The number of carbonyl (C=O) groups is 1. The number of unbranched alkanes of at least 4 members (excludes halogenated alkanes) is 1. The first-order chi connectivity index (χ1) is 12.8. The molecule has 0 radical (unpaired) electrons. The molecule has 0 saturated carbocycles. The number of amides is 1. The molecule has 0 atom stereocenters. The summed E-state index contributed by atoms with van der Waals surface area (Å²) in [5.41, 5.74) is 0.764. The molecule has 0 saturated heterocycles. The van der Waals surface area contributed by atoms with Crippen LogP contribution in [0.15, 0.2) is 53.4 Å². The Morgan fingerprint density at radius 1 is 1.11 bits per heavy atom. The lowest BCUT2D eigenvalue weighted by Gasteiger charge is -2.22. The number of halogens is 2. The summed E-state index contributed by atoms with van der Waals surface area (Å²) in [6.07, 6.45) is 1.77. The average molecular weight is 429 g/mol. The smallest absolute Gasteiger partial charge is 0.245 e. The summed E-state index contributed by atoms with van der Waals surface area (Å²) in [6.45, 7) is 2.27. The van der Waals surface area contributed by atoms with Gasteiger partial charge in [0.05, 0.1) is 11.6 Å². The molecule has 0 spiro atoms. The lowest BCUT2D eigenvalue weighted by Crippen LogP contribution is -2.40. The highest BCUT2D eigenvalue weighted by atomic mass is 35.5. The van der Waals surface area contributed by atoms with Gasteiger partial charge < -0.3 is 5.32 Å². The van der Waals surface area contributed by atoms with Gasteiger partial charge in [0.1, 0.15) is 4.90 Å². The number of benzene rings is 2. The molecular formula is C19H22Cl2N2O3S. The first-order valence-corrected chi connectivity index (χ1v) is 10.8. The van der Waals surface area contributed by atoms with Crippen molar-refractivity contribution in [1.29, 1.82) is 0 Å². The van der Waals surface area contributed by atoms with Crippen molar-refractivity contribution in [2.45, 2.75) is 31.2 Å². The van der Waals surface area contributed by atoms with Crippen molar-refractivity contribution >= 4 is 39.1 Å². The van der Waals surface area contributed by atoms with Crippen LogP contribution in [0.3, 0.4) is 0 Å². The predicted molar refractivity (Wildman–Crippen MR) is 108 cm³/mol. The molecule has 8 heteroatoms. The first kappa shape index (κ1) is 21.7. The van der Waals surface area contributed by atoms with Crippen molar-refractivity contribution in [3.8, 4) is 0 Å². The van der Waals surface area contributed by atoms with Gasteiger partial charge in [-0.3, -0.25) is 4.79 Å². The van der Waals surface area contributed by atoms with Gasteiger partial charge in [-0.15, -0.1) is 0 Å². The number of rotatable bonds is 9. The fourth-order valence-corrected chi connectivity index (χ4v) is 4.57. The van der Waals surface area contributed by atoms with Crippen molar-refractivity contribution in [2.24, 2.45) is 0 Å². The van der Waals surface area contributed by atoms with Crippen LogP contribution in [-0.4, -0.2) is 31.7 Å². The topological polar surface area (TPSA) is 66.5 Å². The average Bonchev–Trinajstić information content (AvgIpc) is 2.64. The fraction of sp³-hybridized carbons (Fsp3) is 0.316. The van der Waals surface area contributed by atoms with E-state index < -0.39 is 10.0 Å². The number of hydrogen-bond donors (Lipinski definition) is 1. The highest BCUT2D eigenvalue weighted by Gasteiger charge is 2.29. The van der Waals surface area contributed by atoms with E-state index in [0.717, 1.165) is 22.7 Å². The molecule has 0 aliphatic heterocycles. The molecule has 1 N–H and O–H groups in total. The van der Waals surface area contributed by atoms with Crippen molar-refractivity contribution in [3.05, 3.63) is 64.1 Å². The van der Waals surface area contributed by atoms with Crippen LogP contribution in [0, 0.1) is 0 Å². The van der Waals surface area contributed by atoms with Crippen LogP contribution in [0.2, 0.25) is 10.0 Å². The van der Waals surface area contributed by atoms with E-state index in [1.54, 1.807) is 12.1 Å². The summed E-state index contributed by atoms with van der Waals surface area (Å²) in [5, 5.41) is 3.06. The zero-order valence-electron chi connectivity index (χ0n) is 15.0. The number of hydrogen-bond acceptors (Lipinski definition) is 3. The van der Waals surface area contributed by atoms with Gasteiger partial charge in [0.25, 0.3) is 0 Å². The molecule has 146 valence electrons. The van der Waals surface area contributed by atoms with E-state index >= 15 is 0 Å². The molecule has 0 heterocycles. The predicted octanol–water partition coefficient (Wildman–Crippen LogP) is 4.10. The van der Waals surface area contributed by atoms with Gasteiger partial charge in [0, 0.05) is 18.1 Å². The third-order valence-corrected chi connectivity index (χ3v) is 6.39. The van der Waals surface area contributed by atoms with Gasteiger partial charge in [0.15, 0.2) is 0 Å². The summed E-state index contributed by atoms with van der Waals surface area (Å²) < 4.78 is 27.5. The molecule has 0 aliphatic rings. The molecule has 2 aromatic rings. The van der Waals surface area contributed by atoms with Gasteiger partial charge in [0.2, 0.25) is 15.9 Å². The number of sulfonamides is 1. The Kier molecular flexibility index (Phi) is 8.10. The molecule has 2 rings (SSSR count). The number of carbonyl (C=O) groups excluding carboxylic acids is 1. The minimum absolute atomic E-state index is 0.0488. The third-order valence-electron chi connectivity index (χ3n) is 3.89. The zero-order valence-corrected chi connectivity index (χ0v) is 17.3. The van der Waals surface area contributed by atoms with Crippen LogP contribution in [-0.2, 0) is 21.4 Å². The van der Waals surface area contributed by atoms with Crippen molar-refractivity contribution in [3.63, 3.8) is 0 Å². The molecule has 27 heavy (non-hydrogen) atoms. The Balaban J connectivity index is 2.32. The molecule has 0 bridgehead atoms. The third kappa shape index (κ3) is 6.21. The van der Waals surface area contributed by atoms with E-state index in [4.69, 9.17) is 23.2 Å². The maximum Gasteiger partial charge on any atom is 0.245 e. The van der Waals surface area contributed by atoms with E-state index in [9.17, 15) is 13.2 Å². The second-order valence-corrected chi connectivity index (χ2v) is 8.79. The van der Waals surface area contributed by atoms with E-state index in [0.29, 0.717) is 6.54 Å². The monoisotopic (exact) mass is 428 g/mol. The van der Waals surface area contributed by atoms with Crippen molar-refractivity contribution in [2.75, 3.05) is 13.1 Å². The van der Waals surface area contributed by atoms with Crippen LogP contribution < -0.4 is 5.32 Å². The highest BCUT2D eigenvalue weighted by Crippen LogP contribution is 2.28. The molecule has 2 aromatic carbocycles. The van der Waals surface area contributed by atoms with Gasteiger partial charge in [-0.05, 0) is 30.2 Å². The Labute approximate surface area is 170 Å². The second-order valence-electron chi connectivity index (χ2n) is 6.04. The standard InChI is InChI=1S/C19H22Cl2N2O3S/c1-2-3-11-22-19(24)14-23(13-15-7-5-4-6-8-15)27(25,26)18-12-16(20)9-10-17(18)21/h4-10,12H,2-3,11,13-14H2,1H3,(H,22,24). The van der Waals surface area contributed by atoms with Crippen LogP contribution >= 0.6 is 23.2 Å². The summed E-state index contributed by atoms with van der Waals surface area (Å²) in [6, 6.07) is 13.3. The van der Waals surface area contributed by atoms with E-state index in [-0.39, 0.29) is 33.9 Å². The highest BCUT2D eigenvalue weighted by molar-refractivity contribution is 7.89. The molecule has 0 aromatic heterocycles. The first-order valence-electron chi connectivity index (χ1n) is 8.60. The van der Waals surface area contributed by atoms with E-state index in [2.05, 4.69) is 5.32 Å². The van der Waals surface area contributed by atoms with Gasteiger partial charge in [-0.2, -0.15) is 4.31 Å². The van der Waals surface area contributed by atoms with Gasteiger partial charge >= 0.3 is 0 Å². The van der Waals surface area contributed by atoms with Crippen LogP contribution in [0.5, 0.6) is 0 Å². The molecule has 1 amide bonds. The number of nitrogens with one attached hydrogen (secondary N) is 1. The quantitative estimate of drug-likeness (QED) is 0.611. The summed E-state index contributed by atoms with van der Waals surface area (Å²) in [7, 11) is -4.02. The van der Waals surface area contributed by atoms with Gasteiger partial charge in [-0.1, -0.05) is 66.9 Å². The Morgan fingerprint density at radius 3 is 2.48 bits per heavy atom. The Morgan fingerprint density at radius 2 is 1.81 bits per heavy atom. The molecule has 0 unspecified atom stereocenters. The molecular weight excluding hydrogens is 407 g/mol. The van der Waals surface area contributed by atoms with Crippen LogP contribution in [0.4, 0.5) is 0 Å². The second kappa shape index (κ2) is 10.1. The van der Waals surface area contributed by atoms with E-state index in [1.807, 2.05) is 25.1 Å². The largest absolute Gasteiger partial charge is 0.355 e. The number of nitrogens with zero attached hydrogens (tertiary/aromatic N) is 1. The Bertz CT molecular complexity index is 874. The summed E-state index contributed by atoms with van der Waals surface area (Å²) in [4.78, 5) is 12.2. The molecule has 0 aliphatic carbocycles. The minimum atomic E-state index is -4.02.